The zero-order chi connectivity index (χ0) is 24.8. The minimum absolute atomic E-state index is 0.558. The molecule has 0 saturated carbocycles. The second-order valence-corrected chi connectivity index (χ2v) is 9.21. The summed E-state index contributed by atoms with van der Waals surface area (Å²) in [6.07, 6.45) is 3.41. The lowest BCUT2D eigenvalue weighted by Gasteiger charge is -2.13. The summed E-state index contributed by atoms with van der Waals surface area (Å²) in [4.78, 5) is 4.27. The number of pyridine rings is 1. The van der Waals surface area contributed by atoms with Crippen LogP contribution in [0.4, 0.5) is 0 Å². The van der Waals surface area contributed by atoms with Gasteiger partial charge < -0.3 is 4.57 Å². The molecule has 37 heavy (non-hydrogen) atoms. The van der Waals surface area contributed by atoms with E-state index in [-0.39, 0.29) is 0 Å². The fraction of sp³-hybridized carbons (Fsp3) is 0. The van der Waals surface area contributed by atoms with Gasteiger partial charge in [0.1, 0.15) is 6.07 Å². The van der Waals surface area contributed by atoms with Gasteiger partial charge in [0.05, 0.1) is 16.6 Å². The molecule has 2 aromatic heterocycles. The van der Waals surface area contributed by atoms with E-state index in [1.807, 2.05) is 12.3 Å². The standard InChI is InChI=1S/C34H21N3/c35-20-23-17-26(22-36-21-23)24-9-8-10-25(18-24)31-19-33-34(29-14-5-4-13-28(29)31)30-15-6-7-16-32(30)37(33)27-11-2-1-3-12-27/h1-19,21-22H. The summed E-state index contributed by atoms with van der Waals surface area (Å²) in [5.74, 6) is 0. The number of benzene rings is 5. The molecule has 0 unspecified atom stereocenters. The molecule has 0 aliphatic carbocycles. The summed E-state index contributed by atoms with van der Waals surface area (Å²) in [5.41, 5.74) is 8.35. The summed E-state index contributed by atoms with van der Waals surface area (Å²) < 4.78 is 2.37. The van der Waals surface area contributed by atoms with Crippen LogP contribution in [-0.4, -0.2) is 9.55 Å². The van der Waals surface area contributed by atoms with Gasteiger partial charge >= 0.3 is 0 Å². The van der Waals surface area contributed by atoms with Gasteiger partial charge in [-0.2, -0.15) is 5.26 Å². The van der Waals surface area contributed by atoms with E-state index in [0.717, 1.165) is 22.4 Å². The Bertz CT molecular complexity index is 1990. The van der Waals surface area contributed by atoms with Crippen molar-refractivity contribution in [2.75, 3.05) is 0 Å². The molecule has 0 aliphatic rings. The Morgan fingerprint density at radius 1 is 0.568 bits per heavy atom. The highest BCUT2D eigenvalue weighted by molar-refractivity contribution is 6.24. The van der Waals surface area contributed by atoms with Crippen LogP contribution in [0.5, 0.6) is 0 Å². The van der Waals surface area contributed by atoms with Crippen LogP contribution in [0.2, 0.25) is 0 Å². The second-order valence-electron chi connectivity index (χ2n) is 9.21. The summed E-state index contributed by atoms with van der Waals surface area (Å²) in [5, 5.41) is 14.3. The van der Waals surface area contributed by atoms with Crippen molar-refractivity contribution < 1.29 is 0 Å². The van der Waals surface area contributed by atoms with Crippen LogP contribution in [0.3, 0.4) is 0 Å². The van der Waals surface area contributed by atoms with Gasteiger partial charge in [0.25, 0.3) is 0 Å². The SMILES string of the molecule is N#Cc1cncc(-c2cccc(-c3cc4c(c5ccccc35)c3ccccc3n4-c3ccccc3)c2)c1. The maximum Gasteiger partial charge on any atom is 0.101 e. The maximum absolute atomic E-state index is 9.35. The van der Waals surface area contributed by atoms with Crippen LogP contribution in [0.15, 0.2) is 128 Å². The number of aromatic nitrogens is 2. The summed E-state index contributed by atoms with van der Waals surface area (Å²) in [6.45, 7) is 0. The Morgan fingerprint density at radius 3 is 2.14 bits per heavy atom. The summed E-state index contributed by atoms with van der Waals surface area (Å²) in [6, 6.07) is 42.8. The number of rotatable bonds is 3. The van der Waals surface area contributed by atoms with Gasteiger partial charge in [0.15, 0.2) is 0 Å². The molecule has 2 heterocycles. The van der Waals surface area contributed by atoms with Crippen LogP contribution in [0.1, 0.15) is 5.56 Å². The fourth-order valence-corrected chi connectivity index (χ4v) is 5.45. The quantitative estimate of drug-likeness (QED) is 0.259. The molecule has 5 aromatic carbocycles. The smallest absolute Gasteiger partial charge is 0.101 e. The average molecular weight is 472 g/mol. The highest BCUT2D eigenvalue weighted by Crippen LogP contribution is 2.41. The van der Waals surface area contributed by atoms with Crippen molar-refractivity contribution in [3.8, 4) is 34.0 Å². The lowest BCUT2D eigenvalue weighted by molar-refractivity contribution is 1.18. The number of hydrogen-bond donors (Lipinski definition) is 0. The van der Waals surface area contributed by atoms with Crippen LogP contribution < -0.4 is 0 Å². The van der Waals surface area contributed by atoms with Crippen LogP contribution in [0.25, 0.3) is 60.5 Å². The topological polar surface area (TPSA) is 41.6 Å². The Hall–Kier alpha value is -5.20. The van der Waals surface area contributed by atoms with Crippen molar-refractivity contribution in [2.24, 2.45) is 0 Å². The molecule has 0 radical (unpaired) electrons. The highest BCUT2D eigenvalue weighted by Gasteiger charge is 2.17. The number of fused-ring (bicyclic) bond motifs is 5. The molecule has 0 atom stereocenters. The fourth-order valence-electron chi connectivity index (χ4n) is 5.45. The number of hydrogen-bond acceptors (Lipinski definition) is 2. The monoisotopic (exact) mass is 471 g/mol. The van der Waals surface area contributed by atoms with Gasteiger partial charge in [0, 0.05) is 34.4 Å². The van der Waals surface area contributed by atoms with Gasteiger partial charge in [-0.3, -0.25) is 4.98 Å². The molecule has 7 rings (SSSR count). The van der Waals surface area contributed by atoms with E-state index in [1.54, 1.807) is 6.20 Å². The van der Waals surface area contributed by atoms with E-state index in [4.69, 9.17) is 0 Å². The molecule has 0 fully saturated rings. The third-order valence-electron chi connectivity index (χ3n) is 7.07. The van der Waals surface area contributed by atoms with Crippen molar-refractivity contribution in [1.29, 1.82) is 5.26 Å². The Kier molecular flexibility index (Phi) is 4.84. The van der Waals surface area contributed by atoms with Crippen LogP contribution in [-0.2, 0) is 0 Å². The first-order valence-electron chi connectivity index (χ1n) is 12.3. The maximum atomic E-state index is 9.35. The molecule has 0 bridgehead atoms. The Morgan fingerprint density at radius 2 is 1.30 bits per heavy atom. The first kappa shape index (κ1) is 21.1. The van der Waals surface area contributed by atoms with Crippen molar-refractivity contribution in [3.05, 3.63) is 133 Å². The average Bonchev–Trinajstić information content (AvgIpc) is 3.32. The molecule has 0 saturated heterocycles. The lowest BCUT2D eigenvalue weighted by Crippen LogP contribution is -1.94. The largest absolute Gasteiger partial charge is 0.309 e. The molecule has 0 spiro atoms. The van der Waals surface area contributed by atoms with E-state index in [9.17, 15) is 5.26 Å². The molecule has 0 N–H and O–H groups in total. The van der Waals surface area contributed by atoms with Crippen molar-refractivity contribution in [3.63, 3.8) is 0 Å². The zero-order valence-corrected chi connectivity index (χ0v) is 20.0. The third kappa shape index (κ3) is 3.39. The zero-order valence-electron chi connectivity index (χ0n) is 20.0. The van der Waals surface area contributed by atoms with E-state index >= 15 is 0 Å². The summed E-state index contributed by atoms with van der Waals surface area (Å²) in [7, 11) is 0. The first-order valence-corrected chi connectivity index (χ1v) is 12.3. The van der Waals surface area contributed by atoms with Crippen molar-refractivity contribution in [1.82, 2.24) is 9.55 Å². The van der Waals surface area contributed by atoms with Crippen molar-refractivity contribution >= 4 is 32.6 Å². The van der Waals surface area contributed by atoms with E-state index in [1.165, 1.54) is 38.1 Å². The molecule has 3 heteroatoms. The molecule has 0 amide bonds. The minimum atomic E-state index is 0.558. The van der Waals surface area contributed by atoms with Gasteiger partial charge in [-0.15, -0.1) is 0 Å². The van der Waals surface area contributed by atoms with Gasteiger partial charge in [-0.25, -0.2) is 0 Å². The second kappa shape index (κ2) is 8.48. The molecule has 3 nitrogen and oxygen atoms in total. The summed E-state index contributed by atoms with van der Waals surface area (Å²) >= 11 is 0. The van der Waals surface area contributed by atoms with Crippen LogP contribution >= 0.6 is 0 Å². The van der Waals surface area contributed by atoms with Gasteiger partial charge in [-0.05, 0) is 63.9 Å². The van der Waals surface area contributed by atoms with E-state index < -0.39 is 0 Å². The highest BCUT2D eigenvalue weighted by atomic mass is 15.0. The lowest BCUT2D eigenvalue weighted by atomic mass is 9.93. The Balaban J connectivity index is 1.56. The number of nitrogens with zero attached hydrogens (tertiary/aromatic N) is 3. The minimum Gasteiger partial charge on any atom is -0.309 e. The molecular formula is C34H21N3. The van der Waals surface area contributed by atoms with Gasteiger partial charge in [0.2, 0.25) is 0 Å². The van der Waals surface area contributed by atoms with E-state index in [2.05, 4.69) is 125 Å². The Labute approximate surface area is 214 Å². The normalized spacial score (nSPS) is 11.2. The van der Waals surface area contributed by atoms with E-state index in [0.29, 0.717) is 5.56 Å². The predicted molar refractivity (Wildman–Crippen MR) is 152 cm³/mol. The molecule has 7 aromatic rings. The van der Waals surface area contributed by atoms with Gasteiger partial charge in [-0.1, -0.05) is 78.9 Å². The number of nitriles is 1. The van der Waals surface area contributed by atoms with Crippen molar-refractivity contribution in [2.45, 2.75) is 0 Å². The first-order chi connectivity index (χ1) is 18.3. The molecule has 172 valence electrons. The van der Waals surface area contributed by atoms with Crippen LogP contribution in [0, 0.1) is 11.3 Å². The molecule has 0 aliphatic heterocycles. The predicted octanol–water partition coefficient (Wildman–Crippen LogP) is 8.54. The number of para-hydroxylation sites is 2. The third-order valence-corrected chi connectivity index (χ3v) is 7.07. The molecular weight excluding hydrogens is 450 g/mol.